The molecule has 106 valence electrons. The second-order valence-electron chi connectivity index (χ2n) is 7.37. The lowest BCUT2D eigenvalue weighted by molar-refractivity contribution is 0.0789. The summed E-state index contributed by atoms with van der Waals surface area (Å²) < 4.78 is 0. The SMILES string of the molecule is CC1CCCC(CNC2CC2)(CN(C)C(C)C)C1. The highest BCUT2D eigenvalue weighted by molar-refractivity contribution is 4.92. The normalized spacial score (nSPS) is 33.3. The molecule has 2 fully saturated rings. The Bertz CT molecular complexity index is 260. The van der Waals surface area contributed by atoms with Gasteiger partial charge in [0, 0.05) is 25.2 Å². The Labute approximate surface area is 114 Å². The summed E-state index contributed by atoms with van der Waals surface area (Å²) in [6.07, 6.45) is 8.53. The molecule has 2 atom stereocenters. The lowest BCUT2D eigenvalue weighted by Gasteiger charge is -2.44. The maximum Gasteiger partial charge on any atom is 0.00684 e. The van der Waals surface area contributed by atoms with E-state index in [4.69, 9.17) is 0 Å². The third-order valence-electron chi connectivity index (χ3n) is 4.99. The summed E-state index contributed by atoms with van der Waals surface area (Å²) in [6.45, 7) is 9.59. The van der Waals surface area contributed by atoms with Crippen LogP contribution in [0.3, 0.4) is 0 Å². The molecule has 2 unspecified atom stereocenters. The van der Waals surface area contributed by atoms with Crippen LogP contribution < -0.4 is 5.32 Å². The maximum atomic E-state index is 3.81. The van der Waals surface area contributed by atoms with E-state index in [0.717, 1.165) is 12.0 Å². The summed E-state index contributed by atoms with van der Waals surface area (Å²) >= 11 is 0. The van der Waals surface area contributed by atoms with E-state index in [2.05, 4.69) is 38.0 Å². The fourth-order valence-corrected chi connectivity index (χ4v) is 3.49. The largest absolute Gasteiger partial charge is 0.313 e. The molecule has 0 spiro atoms. The van der Waals surface area contributed by atoms with Crippen molar-refractivity contribution in [3.63, 3.8) is 0 Å². The van der Waals surface area contributed by atoms with E-state index in [-0.39, 0.29) is 0 Å². The molecular weight excluding hydrogens is 220 g/mol. The Kier molecular flexibility index (Phi) is 4.71. The van der Waals surface area contributed by atoms with Gasteiger partial charge in [-0.05, 0) is 57.9 Å². The van der Waals surface area contributed by atoms with Crippen LogP contribution in [0, 0.1) is 11.3 Å². The molecule has 1 N–H and O–H groups in total. The number of rotatable bonds is 6. The van der Waals surface area contributed by atoms with Gasteiger partial charge in [-0.3, -0.25) is 0 Å². The fraction of sp³-hybridized carbons (Fsp3) is 1.00. The van der Waals surface area contributed by atoms with Gasteiger partial charge in [0.1, 0.15) is 0 Å². The Balaban J connectivity index is 1.95. The van der Waals surface area contributed by atoms with Crippen LogP contribution in [-0.4, -0.2) is 37.1 Å². The average Bonchev–Trinajstić information content (AvgIpc) is 3.10. The van der Waals surface area contributed by atoms with Crippen molar-refractivity contribution in [3.8, 4) is 0 Å². The van der Waals surface area contributed by atoms with Crippen molar-refractivity contribution in [2.75, 3.05) is 20.1 Å². The van der Waals surface area contributed by atoms with Gasteiger partial charge in [0.15, 0.2) is 0 Å². The van der Waals surface area contributed by atoms with Crippen LogP contribution in [0.5, 0.6) is 0 Å². The molecule has 0 aromatic carbocycles. The van der Waals surface area contributed by atoms with Crippen LogP contribution in [0.15, 0.2) is 0 Å². The lowest BCUT2D eigenvalue weighted by Crippen LogP contribution is -2.47. The highest BCUT2D eigenvalue weighted by Crippen LogP contribution is 2.40. The first-order valence-electron chi connectivity index (χ1n) is 7.94. The first-order chi connectivity index (χ1) is 8.51. The fourth-order valence-electron chi connectivity index (χ4n) is 3.49. The summed E-state index contributed by atoms with van der Waals surface area (Å²) in [7, 11) is 2.29. The molecule has 2 rings (SSSR count). The second-order valence-corrected chi connectivity index (χ2v) is 7.37. The van der Waals surface area contributed by atoms with Gasteiger partial charge in [-0.2, -0.15) is 0 Å². The molecular formula is C16H32N2. The van der Waals surface area contributed by atoms with Crippen molar-refractivity contribution in [2.45, 2.75) is 71.4 Å². The van der Waals surface area contributed by atoms with E-state index in [1.807, 2.05) is 0 Å². The molecule has 0 aromatic heterocycles. The molecule has 0 heterocycles. The van der Waals surface area contributed by atoms with E-state index >= 15 is 0 Å². The average molecular weight is 252 g/mol. The Morgan fingerprint density at radius 2 is 2.00 bits per heavy atom. The smallest absolute Gasteiger partial charge is 0.00684 e. The molecule has 0 aliphatic heterocycles. The molecule has 2 aliphatic rings. The first kappa shape index (κ1) is 14.3. The summed E-state index contributed by atoms with van der Waals surface area (Å²) in [5, 5.41) is 3.81. The Hall–Kier alpha value is -0.0800. The van der Waals surface area contributed by atoms with Crippen LogP contribution in [0.25, 0.3) is 0 Å². The van der Waals surface area contributed by atoms with Gasteiger partial charge in [0.25, 0.3) is 0 Å². The monoisotopic (exact) mass is 252 g/mol. The predicted octanol–water partition coefficient (Wildman–Crippen LogP) is 3.28. The number of nitrogens with one attached hydrogen (secondary N) is 1. The van der Waals surface area contributed by atoms with Crippen LogP contribution in [0.2, 0.25) is 0 Å². The van der Waals surface area contributed by atoms with Gasteiger partial charge in [0.2, 0.25) is 0 Å². The van der Waals surface area contributed by atoms with E-state index < -0.39 is 0 Å². The summed E-state index contributed by atoms with van der Waals surface area (Å²) in [6, 6.07) is 1.52. The summed E-state index contributed by atoms with van der Waals surface area (Å²) in [4.78, 5) is 2.55. The minimum absolute atomic E-state index is 0.541. The molecule has 2 aliphatic carbocycles. The molecule has 2 heteroatoms. The topological polar surface area (TPSA) is 15.3 Å². The molecule has 0 amide bonds. The van der Waals surface area contributed by atoms with Crippen molar-refractivity contribution in [1.29, 1.82) is 0 Å². The van der Waals surface area contributed by atoms with E-state index in [1.54, 1.807) is 0 Å². The van der Waals surface area contributed by atoms with Crippen molar-refractivity contribution >= 4 is 0 Å². The molecule has 0 saturated heterocycles. The van der Waals surface area contributed by atoms with Crippen LogP contribution in [0.1, 0.15) is 59.3 Å². The van der Waals surface area contributed by atoms with Gasteiger partial charge in [-0.15, -0.1) is 0 Å². The van der Waals surface area contributed by atoms with Gasteiger partial charge in [-0.1, -0.05) is 19.8 Å². The van der Waals surface area contributed by atoms with Gasteiger partial charge in [-0.25, -0.2) is 0 Å². The molecule has 0 bridgehead atoms. The Morgan fingerprint density at radius 1 is 1.28 bits per heavy atom. The zero-order valence-corrected chi connectivity index (χ0v) is 12.8. The lowest BCUT2D eigenvalue weighted by atomic mass is 9.69. The summed E-state index contributed by atoms with van der Waals surface area (Å²) in [5.74, 6) is 0.917. The molecule has 18 heavy (non-hydrogen) atoms. The summed E-state index contributed by atoms with van der Waals surface area (Å²) in [5.41, 5.74) is 0.541. The van der Waals surface area contributed by atoms with Gasteiger partial charge >= 0.3 is 0 Å². The minimum atomic E-state index is 0.541. The van der Waals surface area contributed by atoms with E-state index in [1.165, 1.54) is 51.6 Å². The van der Waals surface area contributed by atoms with Crippen molar-refractivity contribution in [3.05, 3.63) is 0 Å². The van der Waals surface area contributed by atoms with Crippen molar-refractivity contribution in [2.24, 2.45) is 11.3 Å². The third-order valence-corrected chi connectivity index (χ3v) is 4.99. The minimum Gasteiger partial charge on any atom is -0.313 e. The van der Waals surface area contributed by atoms with Crippen LogP contribution in [-0.2, 0) is 0 Å². The predicted molar refractivity (Wildman–Crippen MR) is 78.9 cm³/mol. The van der Waals surface area contributed by atoms with E-state index in [9.17, 15) is 0 Å². The van der Waals surface area contributed by atoms with Crippen LogP contribution >= 0.6 is 0 Å². The molecule has 0 radical (unpaired) electrons. The van der Waals surface area contributed by atoms with Gasteiger partial charge in [0.05, 0.1) is 0 Å². The molecule has 0 aromatic rings. The molecule has 2 saturated carbocycles. The van der Waals surface area contributed by atoms with Crippen LogP contribution in [0.4, 0.5) is 0 Å². The zero-order chi connectivity index (χ0) is 13.2. The third kappa shape index (κ3) is 3.96. The highest BCUT2D eigenvalue weighted by atomic mass is 15.1. The standard InChI is InChI=1S/C16H32N2/c1-13(2)18(4)12-16(11-17-15-7-8-15)9-5-6-14(3)10-16/h13-15,17H,5-12H2,1-4H3. The Morgan fingerprint density at radius 3 is 2.56 bits per heavy atom. The van der Waals surface area contributed by atoms with Crippen molar-refractivity contribution < 1.29 is 0 Å². The highest BCUT2D eigenvalue weighted by Gasteiger charge is 2.37. The number of nitrogens with zero attached hydrogens (tertiary/aromatic N) is 1. The number of hydrogen-bond donors (Lipinski definition) is 1. The number of hydrogen-bond acceptors (Lipinski definition) is 2. The second kappa shape index (κ2) is 5.92. The van der Waals surface area contributed by atoms with Gasteiger partial charge < -0.3 is 10.2 Å². The quantitative estimate of drug-likeness (QED) is 0.780. The van der Waals surface area contributed by atoms with E-state index in [0.29, 0.717) is 11.5 Å². The maximum absolute atomic E-state index is 3.81. The zero-order valence-electron chi connectivity index (χ0n) is 12.8. The first-order valence-corrected chi connectivity index (χ1v) is 7.94. The van der Waals surface area contributed by atoms with Crippen molar-refractivity contribution in [1.82, 2.24) is 10.2 Å². The molecule has 2 nitrogen and oxygen atoms in total.